The van der Waals surface area contributed by atoms with Gasteiger partial charge in [-0.2, -0.15) is 0 Å². The maximum Gasteiger partial charge on any atom is 0.238 e. The molecule has 0 spiro atoms. The van der Waals surface area contributed by atoms with Crippen molar-refractivity contribution in [2.75, 3.05) is 6.54 Å². The quantitative estimate of drug-likeness (QED) is 0.818. The lowest BCUT2D eigenvalue weighted by molar-refractivity contribution is -0.132. The van der Waals surface area contributed by atoms with E-state index in [1.54, 1.807) is 0 Å². The van der Waals surface area contributed by atoms with Crippen LogP contribution in [0.2, 0.25) is 0 Å². The molecule has 1 saturated heterocycles. The minimum Gasteiger partial charge on any atom is -0.323 e. The van der Waals surface area contributed by atoms with Gasteiger partial charge in [0, 0.05) is 6.04 Å². The van der Waals surface area contributed by atoms with Gasteiger partial charge in [-0.05, 0) is 31.1 Å². The van der Waals surface area contributed by atoms with Crippen LogP contribution in [-0.2, 0) is 4.79 Å². The molecule has 1 saturated carbocycles. The molecule has 1 amide bonds. The van der Waals surface area contributed by atoms with Crippen molar-refractivity contribution in [3.05, 3.63) is 0 Å². The zero-order valence-corrected chi connectivity index (χ0v) is 11.4. The van der Waals surface area contributed by atoms with Gasteiger partial charge in [0.1, 0.15) is 0 Å². The summed E-state index contributed by atoms with van der Waals surface area (Å²) in [7, 11) is 0. The number of rotatable bonds is 3. The highest BCUT2D eigenvalue weighted by atomic mass is 16.2. The van der Waals surface area contributed by atoms with Crippen LogP contribution in [0.4, 0.5) is 0 Å². The van der Waals surface area contributed by atoms with Crippen LogP contribution in [-0.4, -0.2) is 29.6 Å². The maximum absolute atomic E-state index is 12.1. The standard InChI is InChI=1S/C14H26N2O/c1-10(2)8-13-15-9-14(17)16(13)12-7-5-4-6-11(12)3/h10-13,15H,4-9H2,1-3H3. The molecular weight excluding hydrogens is 212 g/mol. The topological polar surface area (TPSA) is 32.3 Å². The average molecular weight is 238 g/mol. The lowest BCUT2D eigenvalue weighted by Gasteiger charge is -2.39. The monoisotopic (exact) mass is 238 g/mol. The number of amides is 1. The fraction of sp³-hybridized carbons (Fsp3) is 0.929. The van der Waals surface area contributed by atoms with Crippen molar-refractivity contribution >= 4 is 5.91 Å². The number of hydrogen-bond donors (Lipinski definition) is 1. The van der Waals surface area contributed by atoms with Crippen LogP contribution in [0, 0.1) is 11.8 Å². The summed E-state index contributed by atoms with van der Waals surface area (Å²) in [4.78, 5) is 14.2. The van der Waals surface area contributed by atoms with E-state index in [1.807, 2.05) is 0 Å². The molecule has 3 heteroatoms. The van der Waals surface area contributed by atoms with Gasteiger partial charge in [0.15, 0.2) is 0 Å². The first-order chi connectivity index (χ1) is 8.09. The summed E-state index contributed by atoms with van der Waals surface area (Å²) < 4.78 is 0. The Kier molecular flexibility index (Phi) is 4.08. The molecule has 3 atom stereocenters. The summed E-state index contributed by atoms with van der Waals surface area (Å²) >= 11 is 0. The summed E-state index contributed by atoms with van der Waals surface area (Å²) in [6.45, 7) is 7.31. The minimum absolute atomic E-state index is 0.285. The highest BCUT2D eigenvalue weighted by Gasteiger charge is 2.38. The SMILES string of the molecule is CC(C)CC1NCC(=O)N1C1CCCCC1C. The van der Waals surface area contributed by atoms with E-state index < -0.39 is 0 Å². The number of carbonyl (C=O) groups is 1. The fourth-order valence-electron chi connectivity index (χ4n) is 3.34. The zero-order valence-electron chi connectivity index (χ0n) is 11.4. The predicted molar refractivity (Wildman–Crippen MR) is 69.5 cm³/mol. The lowest BCUT2D eigenvalue weighted by Crippen LogP contribution is -2.49. The predicted octanol–water partition coefficient (Wildman–Crippen LogP) is 2.37. The van der Waals surface area contributed by atoms with Crippen LogP contribution < -0.4 is 5.32 Å². The first-order valence-corrected chi connectivity index (χ1v) is 7.14. The molecule has 1 aliphatic heterocycles. The molecular formula is C14H26N2O. The van der Waals surface area contributed by atoms with Crippen LogP contribution in [0.3, 0.4) is 0 Å². The van der Waals surface area contributed by atoms with Crippen molar-refractivity contribution in [3.63, 3.8) is 0 Å². The van der Waals surface area contributed by atoms with Crippen molar-refractivity contribution in [3.8, 4) is 0 Å². The number of nitrogens with zero attached hydrogens (tertiary/aromatic N) is 1. The van der Waals surface area contributed by atoms with Crippen molar-refractivity contribution in [1.29, 1.82) is 0 Å². The first kappa shape index (κ1) is 12.9. The van der Waals surface area contributed by atoms with E-state index in [1.165, 1.54) is 25.7 Å². The van der Waals surface area contributed by atoms with Crippen LogP contribution in [0.5, 0.6) is 0 Å². The summed E-state index contributed by atoms with van der Waals surface area (Å²) in [6, 6.07) is 0.481. The maximum atomic E-state index is 12.1. The molecule has 0 aromatic carbocycles. The van der Waals surface area contributed by atoms with Gasteiger partial charge in [-0.1, -0.05) is 33.6 Å². The van der Waals surface area contributed by atoms with E-state index in [0.717, 1.165) is 6.42 Å². The second-order valence-corrected chi connectivity index (χ2v) is 6.16. The van der Waals surface area contributed by atoms with Crippen LogP contribution in [0.15, 0.2) is 0 Å². The van der Waals surface area contributed by atoms with Crippen LogP contribution >= 0.6 is 0 Å². The normalized spacial score (nSPS) is 34.7. The van der Waals surface area contributed by atoms with Gasteiger partial charge >= 0.3 is 0 Å². The first-order valence-electron chi connectivity index (χ1n) is 7.14. The third-order valence-corrected chi connectivity index (χ3v) is 4.23. The Hall–Kier alpha value is -0.570. The second kappa shape index (κ2) is 5.38. The van der Waals surface area contributed by atoms with Crippen molar-refractivity contribution < 1.29 is 4.79 Å². The lowest BCUT2D eigenvalue weighted by atomic mass is 9.84. The van der Waals surface area contributed by atoms with Gasteiger partial charge in [0.25, 0.3) is 0 Å². The summed E-state index contributed by atoms with van der Waals surface area (Å²) in [5.41, 5.74) is 0. The van der Waals surface area contributed by atoms with Gasteiger partial charge < -0.3 is 4.90 Å². The van der Waals surface area contributed by atoms with E-state index in [-0.39, 0.29) is 6.17 Å². The Morgan fingerprint density at radius 3 is 2.71 bits per heavy atom. The molecule has 98 valence electrons. The Morgan fingerprint density at radius 1 is 1.35 bits per heavy atom. The molecule has 3 nitrogen and oxygen atoms in total. The molecule has 0 aromatic heterocycles. The van der Waals surface area contributed by atoms with Gasteiger partial charge in [0.05, 0.1) is 12.7 Å². The fourth-order valence-corrected chi connectivity index (χ4v) is 3.34. The van der Waals surface area contributed by atoms with E-state index in [9.17, 15) is 4.79 Å². The number of carbonyl (C=O) groups excluding carboxylic acids is 1. The van der Waals surface area contributed by atoms with Crippen LogP contribution in [0.25, 0.3) is 0 Å². The van der Waals surface area contributed by atoms with Gasteiger partial charge in [0.2, 0.25) is 5.91 Å². The molecule has 3 unspecified atom stereocenters. The Morgan fingerprint density at radius 2 is 2.06 bits per heavy atom. The molecule has 2 aliphatic rings. The molecule has 2 rings (SSSR count). The molecule has 0 radical (unpaired) electrons. The zero-order chi connectivity index (χ0) is 12.4. The van der Waals surface area contributed by atoms with Gasteiger partial charge in [-0.25, -0.2) is 0 Å². The van der Waals surface area contributed by atoms with Crippen molar-refractivity contribution in [1.82, 2.24) is 10.2 Å². The molecule has 1 heterocycles. The molecule has 0 bridgehead atoms. The summed E-state index contributed by atoms with van der Waals surface area (Å²) in [6.07, 6.45) is 6.46. The van der Waals surface area contributed by atoms with Gasteiger partial charge in [-0.15, -0.1) is 0 Å². The van der Waals surface area contributed by atoms with E-state index in [4.69, 9.17) is 0 Å². The van der Waals surface area contributed by atoms with Crippen molar-refractivity contribution in [2.24, 2.45) is 11.8 Å². The van der Waals surface area contributed by atoms with Crippen LogP contribution in [0.1, 0.15) is 52.9 Å². The largest absolute Gasteiger partial charge is 0.323 e. The Balaban J connectivity index is 2.06. The highest BCUT2D eigenvalue weighted by molar-refractivity contribution is 5.81. The second-order valence-electron chi connectivity index (χ2n) is 6.16. The Labute approximate surface area is 105 Å². The van der Waals surface area contributed by atoms with E-state index in [0.29, 0.717) is 30.3 Å². The number of hydrogen-bond acceptors (Lipinski definition) is 2. The van der Waals surface area contributed by atoms with E-state index in [2.05, 4.69) is 31.0 Å². The highest BCUT2D eigenvalue weighted by Crippen LogP contribution is 2.31. The Bertz CT molecular complexity index is 277. The molecule has 0 aromatic rings. The van der Waals surface area contributed by atoms with Gasteiger partial charge in [-0.3, -0.25) is 10.1 Å². The molecule has 1 aliphatic carbocycles. The summed E-state index contributed by atoms with van der Waals surface area (Å²) in [5, 5.41) is 3.38. The minimum atomic E-state index is 0.285. The molecule has 2 fully saturated rings. The smallest absolute Gasteiger partial charge is 0.238 e. The van der Waals surface area contributed by atoms with E-state index >= 15 is 0 Å². The molecule has 17 heavy (non-hydrogen) atoms. The number of nitrogens with one attached hydrogen (secondary N) is 1. The summed E-state index contributed by atoms with van der Waals surface area (Å²) in [5.74, 6) is 1.62. The molecule has 1 N–H and O–H groups in total. The van der Waals surface area contributed by atoms with Crippen molar-refractivity contribution in [2.45, 2.75) is 65.1 Å². The third kappa shape index (κ3) is 2.82. The average Bonchev–Trinajstić information content (AvgIpc) is 2.60. The third-order valence-electron chi connectivity index (χ3n) is 4.23.